The fraction of sp³-hybridized carbons (Fsp3) is 0.560. The van der Waals surface area contributed by atoms with Crippen molar-refractivity contribution in [3.8, 4) is 0 Å². The molecule has 190 valence electrons. The fourth-order valence-corrected chi connectivity index (χ4v) is 4.88. The first kappa shape index (κ1) is 25.2. The van der Waals surface area contributed by atoms with Crippen molar-refractivity contribution < 1.29 is 31.9 Å². The molecule has 0 aromatic heterocycles. The molecule has 1 aromatic carbocycles. The zero-order valence-corrected chi connectivity index (χ0v) is 20.0. The molecule has 0 saturated carbocycles. The van der Waals surface area contributed by atoms with Gasteiger partial charge in [-0.1, -0.05) is 0 Å². The molecule has 2 amide bonds. The van der Waals surface area contributed by atoms with Crippen LogP contribution in [0.3, 0.4) is 0 Å². The SMILES string of the molecule is CC(C)(C)OC(=O)N1CCC2=C(CN=C2C(=O)N2CCC(c3cc(F)ccc3C(F)(F)F)CC2)C1. The zero-order chi connectivity index (χ0) is 25.5. The molecule has 35 heavy (non-hydrogen) atoms. The van der Waals surface area contributed by atoms with Gasteiger partial charge in [0, 0.05) is 26.2 Å². The summed E-state index contributed by atoms with van der Waals surface area (Å²) in [4.78, 5) is 33.2. The van der Waals surface area contributed by atoms with Crippen LogP contribution in [0.25, 0.3) is 0 Å². The molecule has 3 aliphatic rings. The summed E-state index contributed by atoms with van der Waals surface area (Å²) in [6.45, 7) is 7.05. The van der Waals surface area contributed by atoms with E-state index in [9.17, 15) is 27.2 Å². The molecule has 3 heterocycles. The summed E-state index contributed by atoms with van der Waals surface area (Å²) in [5.41, 5.74) is 0.662. The highest BCUT2D eigenvalue weighted by Crippen LogP contribution is 2.39. The van der Waals surface area contributed by atoms with Crippen LogP contribution in [0.2, 0.25) is 0 Å². The summed E-state index contributed by atoms with van der Waals surface area (Å²) in [5.74, 6) is -1.43. The Morgan fingerprint density at radius 2 is 1.74 bits per heavy atom. The lowest BCUT2D eigenvalue weighted by atomic mass is 9.86. The fourth-order valence-electron chi connectivity index (χ4n) is 4.88. The molecule has 0 aliphatic carbocycles. The Kier molecular flexibility index (Phi) is 6.68. The maximum atomic E-state index is 13.7. The van der Waals surface area contributed by atoms with E-state index in [0.717, 1.165) is 29.3 Å². The van der Waals surface area contributed by atoms with Gasteiger partial charge in [0.2, 0.25) is 0 Å². The predicted octanol–water partition coefficient (Wildman–Crippen LogP) is 4.94. The molecule has 0 unspecified atom stereocenters. The van der Waals surface area contributed by atoms with E-state index >= 15 is 0 Å². The Morgan fingerprint density at radius 1 is 1.06 bits per heavy atom. The molecule has 0 N–H and O–H groups in total. The minimum Gasteiger partial charge on any atom is -0.444 e. The summed E-state index contributed by atoms with van der Waals surface area (Å²) < 4.78 is 59.4. The topological polar surface area (TPSA) is 62.2 Å². The second-order valence-electron chi connectivity index (χ2n) is 10.2. The van der Waals surface area contributed by atoms with E-state index in [0.29, 0.717) is 44.6 Å². The number of alkyl halides is 3. The number of carbonyl (C=O) groups is 2. The Bertz CT molecular complexity index is 1080. The van der Waals surface area contributed by atoms with E-state index in [1.807, 2.05) is 0 Å². The van der Waals surface area contributed by atoms with Crippen LogP contribution >= 0.6 is 0 Å². The largest absolute Gasteiger partial charge is 0.444 e. The van der Waals surface area contributed by atoms with Gasteiger partial charge < -0.3 is 14.5 Å². The van der Waals surface area contributed by atoms with Crippen LogP contribution in [0.4, 0.5) is 22.4 Å². The minimum absolute atomic E-state index is 0.0534. The molecule has 0 atom stereocenters. The third-order valence-corrected chi connectivity index (χ3v) is 6.55. The molecular weight excluding hydrogens is 466 g/mol. The molecule has 1 saturated heterocycles. The van der Waals surface area contributed by atoms with Gasteiger partial charge in [0.15, 0.2) is 0 Å². The Balaban J connectivity index is 1.40. The Labute approximate surface area is 201 Å². The summed E-state index contributed by atoms with van der Waals surface area (Å²) in [6.07, 6.45) is -3.85. The van der Waals surface area contributed by atoms with E-state index in [4.69, 9.17) is 4.74 Å². The van der Waals surface area contributed by atoms with Gasteiger partial charge in [0.05, 0.1) is 12.1 Å². The van der Waals surface area contributed by atoms with Crippen LogP contribution in [0.15, 0.2) is 34.3 Å². The summed E-state index contributed by atoms with van der Waals surface area (Å²) in [6, 6.07) is 2.57. The number of rotatable bonds is 2. The first-order chi connectivity index (χ1) is 16.3. The lowest BCUT2D eigenvalue weighted by Gasteiger charge is -2.34. The van der Waals surface area contributed by atoms with Crippen LogP contribution in [0, 0.1) is 5.82 Å². The van der Waals surface area contributed by atoms with E-state index in [2.05, 4.69) is 4.99 Å². The molecule has 0 bridgehead atoms. The number of aliphatic imine (C=N–C) groups is 1. The van der Waals surface area contributed by atoms with Gasteiger partial charge in [0.25, 0.3) is 5.91 Å². The summed E-state index contributed by atoms with van der Waals surface area (Å²) >= 11 is 0. The van der Waals surface area contributed by atoms with Crippen LogP contribution in [0.5, 0.6) is 0 Å². The van der Waals surface area contributed by atoms with Gasteiger partial charge in [-0.2, -0.15) is 13.2 Å². The van der Waals surface area contributed by atoms with E-state index in [1.54, 1.807) is 30.6 Å². The van der Waals surface area contributed by atoms with Crippen molar-refractivity contribution in [2.75, 3.05) is 32.7 Å². The van der Waals surface area contributed by atoms with Crippen molar-refractivity contribution in [3.63, 3.8) is 0 Å². The number of amides is 2. The Hall–Kier alpha value is -2.91. The number of likely N-dealkylation sites (tertiary alicyclic amines) is 1. The average molecular weight is 496 g/mol. The molecule has 1 aromatic rings. The highest BCUT2D eigenvalue weighted by Gasteiger charge is 2.38. The van der Waals surface area contributed by atoms with Crippen molar-refractivity contribution in [2.24, 2.45) is 4.99 Å². The summed E-state index contributed by atoms with van der Waals surface area (Å²) in [5, 5.41) is 0. The highest BCUT2D eigenvalue weighted by molar-refractivity contribution is 6.46. The van der Waals surface area contributed by atoms with Gasteiger partial charge in [-0.3, -0.25) is 9.79 Å². The lowest BCUT2D eigenvalue weighted by Crippen LogP contribution is -2.44. The second-order valence-corrected chi connectivity index (χ2v) is 10.2. The van der Waals surface area contributed by atoms with Crippen molar-refractivity contribution in [2.45, 2.75) is 57.7 Å². The molecule has 0 spiro atoms. The van der Waals surface area contributed by atoms with Gasteiger partial charge in [-0.05, 0) is 80.9 Å². The zero-order valence-electron chi connectivity index (χ0n) is 20.0. The third-order valence-electron chi connectivity index (χ3n) is 6.55. The first-order valence-electron chi connectivity index (χ1n) is 11.7. The Morgan fingerprint density at radius 3 is 2.37 bits per heavy atom. The maximum Gasteiger partial charge on any atom is 0.416 e. The third kappa shape index (κ3) is 5.51. The number of halogens is 4. The molecule has 1 fully saturated rings. The van der Waals surface area contributed by atoms with E-state index in [-0.39, 0.29) is 24.6 Å². The predicted molar refractivity (Wildman–Crippen MR) is 122 cm³/mol. The van der Waals surface area contributed by atoms with E-state index < -0.39 is 35.2 Å². The van der Waals surface area contributed by atoms with Crippen LogP contribution in [-0.2, 0) is 15.7 Å². The highest BCUT2D eigenvalue weighted by atomic mass is 19.4. The van der Waals surface area contributed by atoms with Gasteiger partial charge >= 0.3 is 12.3 Å². The molecule has 10 heteroatoms. The molecule has 6 nitrogen and oxygen atoms in total. The number of ether oxygens (including phenoxy) is 1. The smallest absolute Gasteiger partial charge is 0.416 e. The maximum absolute atomic E-state index is 13.7. The normalized spacial score (nSPS) is 19.6. The van der Waals surface area contributed by atoms with Crippen molar-refractivity contribution in [3.05, 3.63) is 46.3 Å². The molecular formula is C25H29F4N3O3. The van der Waals surface area contributed by atoms with Crippen LogP contribution < -0.4 is 0 Å². The first-order valence-corrected chi connectivity index (χ1v) is 11.7. The van der Waals surface area contributed by atoms with Crippen molar-refractivity contribution >= 4 is 17.7 Å². The quantitative estimate of drug-likeness (QED) is 0.546. The average Bonchev–Trinajstić information content (AvgIpc) is 3.20. The second kappa shape index (κ2) is 9.28. The van der Waals surface area contributed by atoms with E-state index in [1.165, 1.54) is 0 Å². The van der Waals surface area contributed by atoms with Crippen molar-refractivity contribution in [1.29, 1.82) is 0 Å². The minimum atomic E-state index is -4.56. The van der Waals surface area contributed by atoms with Gasteiger partial charge in [-0.25, -0.2) is 9.18 Å². The number of carbonyl (C=O) groups excluding carboxylic acids is 2. The lowest BCUT2D eigenvalue weighted by molar-refractivity contribution is -0.138. The van der Waals surface area contributed by atoms with Gasteiger partial charge in [-0.15, -0.1) is 0 Å². The molecule has 0 radical (unpaired) electrons. The standard InChI is InChI=1S/C25H29F4N3O3/c1-24(2,3)35-23(34)32-11-8-18-16(14-32)13-30-21(18)22(33)31-9-6-15(7-10-31)19-12-17(26)4-5-20(19)25(27,28)29/h4-5,12,15H,6-11,13-14H2,1-3H3. The van der Waals surface area contributed by atoms with Crippen molar-refractivity contribution in [1.82, 2.24) is 9.80 Å². The number of hydrogen-bond donors (Lipinski definition) is 0. The molecule has 4 rings (SSSR count). The number of nitrogens with zero attached hydrogens (tertiary/aromatic N) is 3. The summed E-state index contributed by atoms with van der Waals surface area (Å²) in [7, 11) is 0. The number of hydrogen-bond acceptors (Lipinski definition) is 4. The van der Waals surface area contributed by atoms with Gasteiger partial charge in [0.1, 0.15) is 17.1 Å². The van der Waals surface area contributed by atoms with Crippen LogP contribution in [0.1, 0.15) is 57.1 Å². The van der Waals surface area contributed by atoms with Crippen LogP contribution in [-0.4, -0.2) is 65.8 Å². The number of piperidine rings is 1. The number of benzene rings is 1. The molecule has 3 aliphatic heterocycles. The monoisotopic (exact) mass is 495 g/mol.